The molecule has 1 amide bonds. The summed E-state index contributed by atoms with van der Waals surface area (Å²) in [6.07, 6.45) is 3.79. The number of hydrogen-bond donors (Lipinski definition) is 0. The van der Waals surface area contributed by atoms with Gasteiger partial charge in [-0.15, -0.1) is 0 Å². The van der Waals surface area contributed by atoms with E-state index in [1.165, 1.54) is 23.9 Å². The van der Waals surface area contributed by atoms with Crippen LogP contribution in [-0.2, 0) is 16.1 Å². The van der Waals surface area contributed by atoms with Crippen LogP contribution >= 0.6 is 11.8 Å². The molecule has 2 aliphatic rings. The number of benzene rings is 3. The Morgan fingerprint density at radius 2 is 1.72 bits per heavy atom. The normalized spacial score (nSPS) is 16.5. The third-order valence-corrected chi connectivity index (χ3v) is 7.43. The Hall–Kier alpha value is -4.21. The molecule has 0 aliphatic carbocycles. The van der Waals surface area contributed by atoms with Crippen LogP contribution in [0.4, 0.5) is 4.39 Å². The van der Waals surface area contributed by atoms with Crippen molar-refractivity contribution < 1.29 is 18.7 Å². The number of halogens is 1. The Labute approximate surface area is 229 Å². The monoisotopic (exact) mass is 540 g/mol. The van der Waals surface area contributed by atoms with Crippen LogP contribution < -0.4 is 4.74 Å². The number of thioether (sulfide) groups is 1. The minimum Gasteiger partial charge on any atom is -0.489 e. The van der Waals surface area contributed by atoms with Crippen molar-refractivity contribution >= 4 is 28.9 Å². The molecule has 0 unspecified atom stereocenters. The van der Waals surface area contributed by atoms with E-state index in [4.69, 9.17) is 14.6 Å². The van der Waals surface area contributed by atoms with Gasteiger partial charge in [0.1, 0.15) is 18.2 Å². The minimum absolute atomic E-state index is 0.246. The van der Waals surface area contributed by atoms with Crippen LogP contribution in [0.15, 0.2) is 95.0 Å². The first-order valence-electron chi connectivity index (χ1n) is 12.6. The van der Waals surface area contributed by atoms with E-state index >= 15 is 0 Å². The first-order chi connectivity index (χ1) is 19.1. The maximum atomic E-state index is 13.2. The lowest BCUT2D eigenvalue weighted by atomic mass is 10.1. The van der Waals surface area contributed by atoms with Crippen molar-refractivity contribution in [3.05, 3.63) is 107 Å². The highest BCUT2D eigenvalue weighted by Gasteiger charge is 2.28. The molecule has 0 bridgehead atoms. The number of nitrogens with zero attached hydrogens (tertiary/aromatic N) is 4. The Morgan fingerprint density at radius 3 is 2.46 bits per heavy atom. The van der Waals surface area contributed by atoms with Crippen molar-refractivity contribution in [2.45, 2.75) is 6.61 Å². The van der Waals surface area contributed by atoms with Gasteiger partial charge in [0.25, 0.3) is 5.91 Å². The second-order valence-electron chi connectivity index (χ2n) is 9.06. The Kier molecular flexibility index (Phi) is 7.25. The number of amides is 1. The van der Waals surface area contributed by atoms with Crippen molar-refractivity contribution in [3.8, 4) is 22.7 Å². The van der Waals surface area contributed by atoms with Gasteiger partial charge in [0, 0.05) is 30.4 Å². The molecular weight excluding hydrogens is 515 g/mol. The highest BCUT2D eigenvalue weighted by atomic mass is 32.2. The van der Waals surface area contributed by atoms with Crippen LogP contribution in [0.3, 0.4) is 0 Å². The van der Waals surface area contributed by atoms with Crippen molar-refractivity contribution in [1.82, 2.24) is 14.7 Å². The number of rotatable bonds is 6. The van der Waals surface area contributed by atoms with Crippen LogP contribution in [0.1, 0.15) is 11.1 Å². The van der Waals surface area contributed by atoms with Gasteiger partial charge >= 0.3 is 0 Å². The summed E-state index contributed by atoms with van der Waals surface area (Å²) >= 11 is 1.39. The van der Waals surface area contributed by atoms with Gasteiger partial charge in [-0.2, -0.15) is 10.1 Å². The second kappa shape index (κ2) is 11.3. The molecule has 0 atom stereocenters. The Bertz CT molecular complexity index is 1530. The third-order valence-electron chi connectivity index (χ3n) is 6.39. The Morgan fingerprint density at radius 1 is 0.974 bits per heavy atom. The molecule has 1 saturated heterocycles. The summed E-state index contributed by atoms with van der Waals surface area (Å²) in [5.74, 6) is 0.172. The zero-order chi connectivity index (χ0) is 26.6. The lowest BCUT2D eigenvalue weighted by Crippen LogP contribution is -2.38. The summed E-state index contributed by atoms with van der Waals surface area (Å²) < 4.78 is 26.3. The molecule has 7 nitrogen and oxygen atoms in total. The first kappa shape index (κ1) is 25.1. The standard InChI is InChI=1S/C30H25FN4O3S/c31-24-10-6-21(7-11-24)20-38-26-12-8-22(9-13-26)28-23(19-35(33-28)25-4-2-1-3-5-25)18-27-29(36)32-30(39-27)34-14-16-37-17-15-34/h1-13,18-19H,14-17,20H2/b27-18-. The molecular formula is C30H25FN4O3S. The third kappa shape index (κ3) is 5.79. The lowest BCUT2D eigenvalue weighted by Gasteiger charge is -2.27. The van der Waals surface area contributed by atoms with Gasteiger partial charge in [-0.1, -0.05) is 30.3 Å². The van der Waals surface area contributed by atoms with E-state index in [9.17, 15) is 9.18 Å². The van der Waals surface area contributed by atoms with Crippen LogP contribution in [-0.4, -0.2) is 52.1 Å². The predicted molar refractivity (Wildman–Crippen MR) is 150 cm³/mol. The number of hydrogen-bond acceptors (Lipinski definition) is 6. The maximum Gasteiger partial charge on any atom is 0.286 e. The van der Waals surface area contributed by atoms with Crippen LogP contribution in [0.2, 0.25) is 0 Å². The molecule has 0 radical (unpaired) electrons. The lowest BCUT2D eigenvalue weighted by molar-refractivity contribution is -0.113. The van der Waals surface area contributed by atoms with E-state index in [0.29, 0.717) is 35.6 Å². The number of para-hydroxylation sites is 1. The Balaban J connectivity index is 1.26. The average molecular weight is 541 g/mol. The van der Waals surface area contributed by atoms with Gasteiger partial charge in [-0.25, -0.2) is 9.07 Å². The largest absolute Gasteiger partial charge is 0.489 e. The average Bonchev–Trinajstić information content (AvgIpc) is 3.57. The van der Waals surface area contributed by atoms with Gasteiger partial charge in [-0.05, 0) is 71.9 Å². The molecule has 0 N–H and O–H groups in total. The number of ether oxygens (including phenoxy) is 2. The molecule has 2 aliphatic heterocycles. The molecule has 4 aromatic rings. The smallest absolute Gasteiger partial charge is 0.286 e. The number of amidine groups is 1. The van der Waals surface area contributed by atoms with E-state index in [1.54, 1.807) is 12.1 Å². The van der Waals surface area contributed by atoms with Crippen molar-refractivity contribution in [1.29, 1.82) is 0 Å². The van der Waals surface area contributed by atoms with Gasteiger partial charge in [0.15, 0.2) is 5.17 Å². The van der Waals surface area contributed by atoms with Crippen molar-refractivity contribution in [3.63, 3.8) is 0 Å². The fraction of sp³-hybridized carbons (Fsp3) is 0.167. The molecule has 9 heteroatoms. The summed E-state index contributed by atoms with van der Waals surface area (Å²) in [7, 11) is 0. The number of carbonyl (C=O) groups is 1. The summed E-state index contributed by atoms with van der Waals surface area (Å²) in [4.78, 5) is 19.8. The van der Waals surface area contributed by atoms with Crippen LogP contribution in [0.5, 0.6) is 5.75 Å². The quantitative estimate of drug-likeness (QED) is 0.298. The van der Waals surface area contributed by atoms with Gasteiger partial charge in [0.2, 0.25) is 0 Å². The SMILES string of the molecule is O=C1N=C(N2CCOCC2)S/C1=C\c1cn(-c2ccccc2)nc1-c1ccc(OCc2ccc(F)cc2)cc1. The van der Waals surface area contributed by atoms with Gasteiger partial charge < -0.3 is 14.4 Å². The van der Waals surface area contributed by atoms with Crippen molar-refractivity contribution in [2.24, 2.45) is 4.99 Å². The molecule has 1 aromatic heterocycles. The molecule has 3 heterocycles. The fourth-order valence-corrected chi connectivity index (χ4v) is 5.27. The highest BCUT2D eigenvalue weighted by Crippen LogP contribution is 2.34. The zero-order valence-corrected chi connectivity index (χ0v) is 21.8. The minimum atomic E-state index is -0.273. The van der Waals surface area contributed by atoms with Crippen LogP contribution in [0, 0.1) is 5.82 Å². The summed E-state index contributed by atoms with van der Waals surface area (Å²) in [6.45, 7) is 3.04. The predicted octanol–water partition coefficient (Wildman–Crippen LogP) is 5.56. The van der Waals surface area contributed by atoms with E-state index in [0.717, 1.165) is 41.2 Å². The number of aliphatic imine (C=N–C) groups is 1. The number of morpholine rings is 1. The zero-order valence-electron chi connectivity index (χ0n) is 21.0. The van der Waals surface area contributed by atoms with E-state index < -0.39 is 0 Å². The molecule has 6 rings (SSSR count). The topological polar surface area (TPSA) is 69.0 Å². The maximum absolute atomic E-state index is 13.2. The van der Waals surface area contributed by atoms with Crippen molar-refractivity contribution in [2.75, 3.05) is 26.3 Å². The highest BCUT2D eigenvalue weighted by molar-refractivity contribution is 8.18. The van der Waals surface area contributed by atoms with Gasteiger partial charge in [0.05, 0.1) is 29.5 Å². The van der Waals surface area contributed by atoms with Gasteiger partial charge in [-0.3, -0.25) is 4.79 Å². The molecule has 0 spiro atoms. The summed E-state index contributed by atoms with van der Waals surface area (Å²) in [5, 5.41) is 5.59. The molecule has 3 aromatic carbocycles. The van der Waals surface area contributed by atoms with E-state index in [1.807, 2.05) is 71.6 Å². The molecule has 196 valence electrons. The summed E-state index contributed by atoms with van der Waals surface area (Å²) in [6, 6.07) is 23.7. The number of carbonyl (C=O) groups excluding carboxylic acids is 1. The number of aromatic nitrogens is 2. The molecule has 0 saturated carbocycles. The molecule has 1 fully saturated rings. The molecule has 39 heavy (non-hydrogen) atoms. The van der Waals surface area contributed by atoms with E-state index in [-0.39, 0.29) is 11.7 Å². The first-order valence-corrected chi connectivity index (χ1v) is 13.4. The van der Waals surface area contributed by atoms with E-state index in [2.05, 4.69) is 9.89 Å². The fourth-order valence-electron chi connectivity index (χ4n) is 4.32. The second-order valence-corrected chi connectivity index (χ2v) is 10.1. The van der Waals surface area contributed by atoms with Crippen LogP contribution in [0.25, 0.3) is 23.0 Å². The summed E-state index contributed by atoms with van der Waals surface area (Å²) in [5.41, 5.74) is 4.24.